The smallest absolute Gasteiger partial charge is 0.313 e. The number of rotatable bonds is 6. The van der Waals surface area contributed by atoms with E-state index in [1.165, 1.54) is 10.7 Å². The largest absolute Gasteiger partial charge is 0.325 e. The Bertz CT molecular complexity index is 1790. The van der Waals surface area contributed by atoms with Gasteiger partial charge in [-0.2, -0.15) is 13.9 Å². The molecule has 3 aliphatic rings. The minimum Gasteiger partial charge on any atom is -0.313 e. The summed E-state index contributed by atoms with van der Waals surface area (Å²) in [7, 11) is 0. The highest BCUT2D eigenvalue weighted by Gasteiger charge is 2.61. The molecule has 2 fully saturated rings. The van der Waals surface area contributed by atoms with E-state index in [1.54, 1.807) is 30.6 Å². The monoisotopic (exact) mass is 540 g/mol. The molecule has 2 saturated carbocycles. The van der Waals surface area contributed by atoms with Crippen LogP contribution in [-0.2, 0) is 10.2 Å². The molecule has 1 spiro atoms. The molecule has 4 heterocycles. The van der Waals surface area contributed by atoms with Crippen molar-refractivity contribution < 1.29 is 22.4 Å². The molecular weight excluding hydrogens is 520 g/mol. The number of hydrogen-bond acceptors (Lipinski definition) is 5. The predicted molar refractivity (Wildman–Crippen MR) is 130 cm³/mol. The molecule has 0 bridgehead atoms. The van der Waals surface area contributed by atoms with Crippen molar-refractivity contribution in [3.8, 4) is 11.3 Å². The van der Waals surface area contributed by atoms with E-state index >= 15 is 0 Å². The van der Waals surface area contributed by atoms with Gasteiger partial charge in [0.1, 0.15) is 0 Å². The van der Waals surface area contributed by atoms with Crippen LogP contribution in [0.4, 0.5) is 23.2 Å². The highest BCUT2D eigenvalue weighted by Crippen LogP contribution is 2.60. The molecule has 1 amide bonds. The normalized spacial score (nSPS) is 21.3. The van der Waals surface area contributed by atoms with E-state index in [-0.39, 0.29) is 23.1 Å². The summed E-state index contributed by atoms with van der Waals surface area (Å²) in [5.41, 5.74) is 1.43. The van der Waals surface area contributed by atoms with Gasteiger partial charge in [-0.05, 0) is 54.4 Å². The van der Waals surface area contributed by atoms with E-state index in [4.69, 9.17) is 0 Å². The second-order valence-electron chi connectivity index (χ2n) is 10.4. The molecule has 1 aromatic carbocycles. The van der Waals surface area contributed by atoms with E-state index in [1.807, 2.05) is 6.07 Å². The number of anilines is 1. The molecule has 1 aliphatic heterocycles. The molecule has 200 valence electrons. The van der Waals surface area contributed by atoms with Gasteiger partial charge in [-0.15, -0.1) is 0 Å². The molecule has 13 heteroatoms. The molecule has 4 aromatic rings. The Labute approximate surface area is 216 Å². The fraction of sp³-hybridized carbons (Fsp3) is 0.346. The molecule has 9 nitrogen and oxygen atoms in total. The lowest BCUT2D eigenvalue weighted by Crippen LogP contribution is -2.44. The number of carbonyl (C=O) groups excluding carboxylic acids is 1. The van der Waals surface area contributed by atoms with E-state index in [2.05, 4.69) is 20.1 Å². The standard InChI is InChI=1S/C26H20F4N6O3/c27-22(28)26(29,30)11-35-19-7-12(1-2-17(19)25(3-4-25)23(35)38)13-8-14(13)15-9-18(34-36-6-5-31-20(15)36)16-10-32-24(39)33-21(16)37/h1-2,5-7,9-10,13-14,22H,3-4,8,11H2,(H2,32,33,37,39)/t13-,14?/m1/s1. The van der Waals surface area contributed by atoms with Crippen molar-refractivity contribution in [3.63, 3.8) is 0 Å². The number of nitrogens with zero attached hydrogens (tertiary/aromatic N) is 4. The van der Waals surface area contributed by atoms with Crippen molar-refractivity contribution in [3.05, 3.63) is 80.4 Å². The molecule has 0 saturated heterocycles. The van der Waals surface area contributed by atoms with E-state index in [0.29, 0.717) is 36.2 Å². The van der Waals surface area contributed by atoms with Gasteiger partial charge in [0.25, 0.3) is 5.56 Å². The van der Waals surface area contributed by atoms with Crippen molar-refractivity contribution in [2.24, 2.45) is 0 Å². The highest BCUT2D eigenvalue weighted by atomic mass is 19.3. The number of carbonyl (C=O) groups is 1. The summed E-state index contributed by atoms with van der Waals surface area (Å²) in [5.74, 6) is -4.99. The molecule has 7 rings (SSSR count). The Kier molecular flexibility index (Phi) is 4.80. The van der Waals surface area contributed by atoms with Crippen LogP contribution in [0.25, 0.3) is 16.9 Å². The van der Waals surface area contributed by atoms with Crippen molar-refractivity contribution in [2.45, 2.75) is 48.9 Å². The van der Waals surface area contributed by atoms with Gasteiger partial charge in [-0.25, -0.2) is 23.1 Å². The van der Waals surface area contributed by atoms with Gasteiger partial charge in [0.05, 0.1) is 23.2 Å². The molecule has 3 aromatic heterocycles. The van der Waals surface area contributed by atoms with Crippen LogP contribution in [0.5, 0.6) is 0 Å². The fourth-order valence-electron chi connectivity index (χ4n) is 5.79. The highest BCUT2D eigenvalue weighted by molar-refractivity contribution is 6.10. The number of amides is 1. The summed E-state index contributed by atoms with van der Waals surface area (Å²) in [5, 5.41) is 4.44. The number of alkyl halides is 4. The number of H-pyrrole nitrogens is 2. The Balaban J connectivity index is 1.25. The minimum atomic E-state index is -4.33. The molecule has 2 aliphatic carbocycles. The number of benzene rings is 1. The molecule has 0 radical (unpaired) electrons. The SMILES string of the molecule is O=C1N(CC(F)(F)C(F)F)c2cc([C@H]3CC3c3cc(-c4c[nH]c(=O)[nH]c4=O)nn4ccnc34)ccc2C12CC2. The first kappa shape index (κ1) is 23.8. The summed E-state index contributed by atoms with van der Waals surface area (Å²) < 4.78 is 55.6. The maximum atomic E-state index is 14.0. The lowest BCUT2D eigenvalue weighted by molar-refractivity contribution is -0.131. The van der Waals surface area contributed by atoms with Crippen LogP contribution in [0.2, 0.25) is 0 Å². The number of aromatic nitrogens is 5. The number of fused-ring (bicyclic) bond motifs is 3. The van der Waals surface area contributed by atoms with Gasteiger partial charge in [0, 0.05) is 29.8 Å². The van der Waals surface area contributed by atoms with Crippen LogP contribution < -0.4 is 16.1 Å². The summed E-state index contributed by atoms with van der Waals surface area (Å²) in [4.78, 5) is 46.7. The van der Waals surface area contributed by atoms with Gasteiger partial charge in [-0.3, -0.25) is 14.6 Å². The topological polar surface area (TPSA) is 116 Å². The lowest BCUT2D eigenvalue weighted by atomic mass is 9.95. The van der Waals surface area contributed by atoms with Gasteiger partial charge in [-0.1, -0.05) is 12.1 Å². The van der Waals surface area contributed by atoms with E-state index in [9.17, 15) is 31.9 Å². The average molecular weight is 540 g/mol. The van der Waals surface area contributed by atoms with Crippen LogP contribution in [0, 0.1) is 0 Å². The van der Waals surface area contributed by atoms with Crippen molar-refractivity contribution in [2.75, 3.05) is 11.4 Å². The summed E-state index contributed by atoms with van der Waals surface area (Å²) in [6.07, 6.45) is 2.30. The van der Waals surface area contributed by atoms with Gasteiger partial charge in [0.15, 0.2) is 5.65 Å². The van der Waals surface area contributed by atoms with E-state index < -0.39 is 41.5 Å². The van der Waals surface area contributed by atoms with Crippen molar-refractivity contribution in [1.29, 1.82) is 0 Å². The molecule has 2 atom stereocenters. The summed E-state index contributed by atoms with van der Waals surface area (Å²) in [6.45, 7) is -1.37. The van der Waals surface area contributed by atoms with Gasteiger partial charge >= 0.3 is 18.0 Å². The van der Waals surface area contributed by atoms with E-state index in [0.717, 1.165) is 16.0 Å². The Morgan fingerprint density at radius 1 is 1.13 bits per heavy atom. The molecule has 1 unspecified atom stereocenters. The third kappa shape index (κ3) is 3.55. The Morgan fingerprint density at radius 2 is 1.92 bits per heavy atom. The van der Waals surface area contributed by atoms with Crippen LogP contribution >= 0.6 is 0 Å². The zero-order chi connectivity index (χ0) is 27.3. The third-order valence-electron chi connectivity index (χ3n) is 8.02. The van der Waals surface area contributed by atoms with Gasteiger partial charge in [0.2, 0.25) is 5.91 Å². The van der Waals surface area contributed by atoms with Crippen molar-refractivity contribution in [1.82, 2.24) is 24.6 Å². The zero-order valence-corrected chi connectivity index (χ0v) is 20.1. The molecule has 39 heavy (non-hydrogen) atoms. The second-order valence-corrected chi connectivity index (χ2v) is 10.4. The summed E-state index contributed by atoms with van der Waals surface area (Å²) >= 11 is 0. The van der Waals surface area contributed by atoms with Crippen molar-refractivity contribution >= 4 is 17.2 Å². The van der Waals surface area contributed by atoms with Gasteiger partial charge < -0.3 is 9.88 Å². The number of nitrogens with one attached hydrogen (secondary N) is 2. The Hall–Kier alpha value is -4.29. The van der Waals surface area contributed by atoms with Crippen LogP contribution in [0.1, 0.15) is 47.8 Å². The quantitative estimate of drug-likeness (QED) is 0.364. The number of aromatic amines is 2. The van der Waals surface area contributed by atoms with Crippen LogP contribution in [0.15, 0.2) is 52.4 Å². The maximum absolute atomic E-state index is 14.0. The zero-order valence-electron chi connectivity index (χ0n) is 20.1. The number of halogens is 4. The Morgan fingerprint density at radius 3 is 2.64 bits per heavy atom. The minimum absolute atomic E-state index is 0.0526. The summed E-state index contributed by atoms with van der Waals surface area (Å²) in [6, 6.07) is 7.03. The second kappa shape index (κ2) is 7.87. The third-order valence-corrected chi connectivity index (χ3v) is 8.02. The first-order valence-electron chi connectivity index (χ1n) is 12.4. The number of hydrogen-bond donors (Lipinski definition) is 2. The lowest BCUT2D eigenvalue weighted by Gasteiger charge is -2.24. The number of imidazole rings is 1. The maximum Gasteiger partial charge on any atom is 0.325 e. The first-order valence-corrected chi connectivity index (χ1v) is 12.4. The first-order chi connectivity index (χ1) is 18.6. The molecule has 2 N–H and O–H groups in total. The predicted octanol–water partition coefficient (Wildman–Crippen LogP) is 3.32. The molecular formula is C26H20F4N6O3. The average Bonchev–Trinajstić information content (AvgIpc) is 3.80. The fourth-order valence-corrected chi connectivity index (χ4v) is 5.79. The van der Waals surface area contributed by atoms with Crippen LogP contribution in [0.3, 0.4) is 0 Å². The van der Waals surface area contributed by atoms with Crippen LogP contribution in [-0.4, -0.2) is 49.4 Å².